The molecule has 6 nitrogen and oxygen atoms in total. The first kappa shape index (κ1) is 18.5. The minimum atomic E-state index is -0.0662. The van der Waals surface area contributed by atoms with E-state index in [0.29, 0.717) is 6.61 Å². The number of nitrogens with zero attached hydrogens (tertiary/aromatic N) is 3. The number of ether oxygens (including phenoxy) is 1. The summed E-state index contributed by atoms with van der Waals surface area (Å²) in [5, 5.41) is 7.34. The Labute approximate surface area is 155 Å². The fraction of sp³-hybridized carbons (Fsp3) is 0.500. The van der Waals surface area contributed by atoms with Gasteiger partial charge in [-0.1, -0.05) is 6.07 Å². The van der Waals surface area contributed by atoms with Gasteiger partial charge in [-0.15, -0.1) is 0 Å². The zero-order valence-electron chi connectivity index (χ0n) is 15.9. The Kier molecular flexibility index (Phi) is 5.93. The standard InChI is InChI=1S/C20H28N4O2/c1-15-6-7-18(12-20(15)21-16(2)25)26-11-5-4-9-24-10-8-19-17(14-24)13-23(3)22-19/h6-7,12-13H,4-5,8-11,14H2,1-3H3,(H,21,25). The molecule has 1 aliphatic rings. The second-order valence-electron chi connectivity index (χ2n) is 7.01. The van der Waals surface area contributed by atoms with Crippen LogP contribution in [0.2, 0.25) is 0 Å². The highest BCUT2D eigenvalue weighted by Crippen LogP contribution is 2.22. The van der Waals surface area contributed by atoms with Crippen LogP contribution >= 0.6 is 0 Å². The summed E-state index contributed by atoms with van der Waals surface area (Å²) in [7, 11) is 1.99. The van der Waals surface area contributed by atoms with Gasteiger partial charge in [-0.25, -0.2) is 0 Å². The van der Waals surface area contributed by atoms with Crippen LogP contribution in [0, 0.1) is 6.92 Å². The number of anilines is 1. The van der Waals surface area contributed by atoms with Gasteiger partial charge in [0.05, 0.1) is 12.3 Å². The summed E-state index contributed by atoms with van der Waals surface area (Å²) in [6, 6.07) is 5.82. The molecule has 1 N–H and O–H groups in total. The smallest absolute Gasteiger partial charge is 0.221 e. The first-order valence-electron chi connectivity index (χ1n) is 9.26. The van der Waals surface area contributed by atoms with E-state index in [1.165, 1.54) is 18.2 Å². The van der Waals surface area contributed by atoms with Crippen molar-refractivity contribution in [1.29, 1.82) is 0 Å². The molecule has 0 saturated carbocycles. The van der Waals surface area contributed by atoms with Crippen molar-refractivity contribution in [3.8, 4) is 5.75 Å². The number of aryl methyl sites for hydroxylation is 2. The Bertz CT molecular complexity index is 769. The van der Waals surface area contributed by atoms with Gasteiger partial charge in [0, 0.05) is 57.0 Å². The van der Waals surface area contributed by atoms with E-state index in [2.05, 4.69) is 21.5 Å². The summed E-state index contributed by atoms with van der Waals surface area (Å²) in [6.07, 6.45) is 5.30. The minimum Gasteiger partial charge on any atom is -0.494 e. The van der Waals surface area contributed by atoms with Crippen LogP contribution in [0.15, 0.2) is 24.4 Å². The molecule has 1 amide bonds. The lowest BCUT2D eigenvalue weighted by Gasteiger charge is -2.25. The molecule has 1 aromatic heterocycles. The molecule has 2 aromatic rings. The topological polar surface area (TPSA) is 59.4 Å². The van der Waals surface area contributed by atoms with Crippen LogP contribution in [-0.4, -0.2) is 40.3 Å². The molecule has 0 saturated heterocycles. The van der Waals surface area contributed by atoms with Crippen LogP contribution in [0.3, 0.4) is 0 Å². The molecular weight excluding hydrogens is 328 g/mol. The lowest BCUT2D eigenvalue weighted by Crippen LogP contribution is -2.31. The summed E-state index contributed by atoms with van der Waals surface area (Å²) >= 11 is 0. The van der Waals surface area contributed by atoms with Gasteiger partial charge in [-0.3, -0.25) is 14.4 Å². The Morgan fingerprint density at radius 3 is 3.00 bits per heavy atom. The molecule has 0 unspecified atom stereocenters. The fourth-order valence-electron chi connectivity index (χ4n) is 3.34. The number of nitrogens with one attached hydrogen (secondary N) is 1. The van der Waals surface area contributed by atoms with Gasteiger partial charge in [-0.2, -0.15) is 5.10 Å². The highest BCUT2D eigenvalue weighted by Gasteiger charge is 2.18. The summed E-state index contributed by atoms with van der Waals surface area (Å²) in [6.45, 7) is 7.35. The van der Waals surface area contributed by atoms with Crippen molar-refractivity contribution < 1.29 is 9.53 Å². The van der Waals surface area contributed by atoms with E-state index in [0.717, 1.165) is 55.9 Å². The monoisotopic (exact) mass is 356 g/mol. The second kappa shape index (κ2) is 8.36. The molecule has 1 aliphatic heterocycles. The molecule has 0 spiro atoms. The van der Waals surface area contributed by atoms with Crippen molar-refractivity contribution in [3.63, 3.8) is 0 Å². The van der Waals surface area contributed by atoms with E-state index >= 15 is 0 Å². The number of aromatic nitrogens is 2. The van der Waals surface area contributed by atoms with Crippen LogP contribution in [0.1, 0.15) is 36.6 Å². The van der Waals surface area contributed by atoms with Crippen molar-refractivity contribution in [3.05, 3.63) is 41.2 Å². The van der Waals surface area contributed by atoms with Crippen molar-refractivity contribution in [2.45, 2.75) is 39.7 Å². The number of carbonyl (C=O) groups excluding carboxylic acids is 1. The summed E-state index contributed by atoms with van der Waals surface area (Å²) < 4.78 is 7.76. The first-order chi connectivity index (χ1) is 12.5. The van der Waals surface area contributed by atoms with Gasteiger partial charge < -0.3 is 10.1 Å². The third-order valence-electron chi connectivity index (χ3n) is 4.71. The molecule has 0 radical (unpaired) electrons. The first-order valence-corrected chi connectivity index (χ1v) is 9.26. The molecule has 6 heteroatoms. The van der Waals surface area contributed by atoms with Crippen LogP contribution in [0.5, 0.6) is 5.75 Å². The summed E-state index contributed by atoms with van der Waals surface area (Å²) in [5.41, 5.74) is 4.46. The van der Waals surface area contributed by atoms with E-state index in [-0.39, 0.29) is 5.91 Å². The maximum atomic E-state index is 11.2. The van der Waals surface area contributed by atoms with Crippen LogP contribution < -0.4 is 10.1 Å². The van der Waals surface area contributed by atoms with E-state index < -0.39 is 0 Å². The molecule has 140 valence electrons. The third kappa shape index (κ3) is 4.85. The number of carbonyl (C=O) groups is 1. The fourth-order valence-corrected chi connectivity index (χ4v) is 3.34. The average Bonchev–Trinajstić information content (AvgIpc) is 2.96. The maximum Gasteiger partial charge on any atom is 0.221 e. The zero-order valence-corrected chi connectivity index (χ0v) is 15.9. The molecule has 0 aliphatic carbocycles. The van der Waals surface area contributed by atoms with Gasteiger partial charge in [0.25, 0.3) is 0 Å². The highest BCUT2D eigenvalue weighted by atomic mass is 16.5. The Hall–Kier alpha value is -2.34. The Morgan fingerprint density at radius 2 is 2.19 bits per heavy atom. The molecule has 26 heavy (non-hydrogen) atoms. The minimum absolute atomic E-state index is 0.0662. The third-order valence-corrected chi connectivity index (χ3v) is 4.71. The number of rotatable bonds is 7. The largest absolute Gasteiger partial charge is 0.494 e. The Balaban J connectivity index is 1.39. The maximum absolute atomic E-state index is 11.2. The van der Waals surface area contributed by atoms with Gasteiger partial charge in [0.2, 0.25) is 5.91 Å². The molecule has 0 atom stereocenters. The molecule has 3 rings (SSSR count). The number of hydrogen-bond donors (Lipinski definition) is 1. The van der Waals surface area contributed by atoms with Crippen LogP contribution in [0.4, 0.5) is 5.69 Å². The SMILES string of the molecule is CC(=O)Nc1cc(OCCCCN2CCc3nn(C)cc3C2)ccc1C. The lowest BCUT2D eigenvalue weighted by atomic mass is 10.1. The molecular formula is C20H28N4O2. The van der Waals surface area contributed by atoms with Gasteiger partial charge in [0.1, 0.15) is 5.75 Å². The predicted octanol–water partition coefficient (Wildman–Crippen LogP) is 2.90. The Morgan fingerprint density at radius 1 is 1.35 bits per heavy atom. The van der Waals surface area contributed by atoms with Crippen molar-refractivity contribution in [1.82, 2.24) is 14.7 Å². The molecule has 0 fully saturated rings. The number of hydrogen-bond acceptors (Lipinski definition) is 4. The van der Waals surface area contributed by atoms with Crippen molar-refractivity contribution in [2.24, 2.45) is 7.05 Å². The molecule has 2 heterocycles. The van der Waals surface area contributed by atoms with Crippen molar-refractivity contribution >= 4 is 11.6 Å². The molecule has 0 bridgehead atoms. The number of benzene rings is 1. The quantitative estimate of drug-likeness (QED) is 0.775. The average molecular weight is 356 g/mol. The normalized spacial score (nSPS) is 14.1. The van der Waals surface area contributed by atoms with Crippen molar-refractivity contribution in [2.75, 3.05) is 25.0 Å². The predicted molar refractivity (Wildman–Crippen MR) is 102 cm³/mol. The number of amides is 1. The van der Waals surface area contributed by atoms with E-state index in [1.54, 1.807) is 0 Å². The lowest BCUT2D eigenvalue weighted by molar-refractivity contribution is -0.114. The van der Waals surface area contributed by atoms with E-state index in [4.69, 9.17) is 4.74 Å². The van der Waals surface area contributed by atoms with Gasteiger partial charge >= 0.3 is 0 Å². The molecule has 1 aromatic carbocycles. The van der Waals surface area contributed by atoms with Crippen LogP contribution in [-0.2, 0) is 24.8 Å². The van der Waals surface area contributed by atoms with E-state index in [9.17, 15) is 4.79 Å². The van der Waals surface area contributed by atoms with Gasteiger partial charge in [0.15, 0.2) is 0 Å². The summed E-state index contributed by atoms with van der Waals surface area (Å²) in [4.78, 5) is 13.7. The number of unbranched alkanes of at least 4 members (excludes halogenated alkanes) is 1. The highest BCUT2D eigenvalue weighted by molar-refractivity contribution is 5.89. The summed E-state index contributed by atoms with van der Waals surface area (Å²) in [5.74, 6) is 0.737. The van der Waals surface area contributed by atoms with E-state index in [1.807, 2.05) is 36.9 Å². The second-order valence-corrected chi connectivity index (χ2v) is 7.01. The number of fused-ring (bicyclic) bond motifs is 1. The van der Waals surface area contributed by atoms with Gasteiger partial charge in [-0.05, 0) is 37.9 Å². The van der Waals surface area contributed by atoms with Crippen LogP contribution in [0.25, 0.3) is 0 Å². The zero-order chi connectivity index (χ0) is 18.5.